The van der Waals surface area contributed by atoms with Crippen molar-refractivity contribution in [2.45, 2.75) is 19.3 Å². The van der Waals surface area contributed by atoms with E-state index in [9.17, 15) is 9.18 Å². The highest BCUT2D eigenvalue weighted by Gasteiger charge is 2.23. The number of carbonyl (C=O) groups is 1. The molecule has 1 aliphatic heterocycles. The number of amides is 1. The number of rotatable bonds is 7. The minimum atomic E-state index is -0.567. The summed E-state index contributed by atoms with van der Waals surface area (Å²) in [5.41, 5.74) is 1.39. The molecule has 1 amide bonds. The number of ether oxygens (including phenoxy) is 1. The van der Waals surface area contributed by atoms with Gasteiger partial charge in [-0.2, -0.15) is 0 Å². The molecule has 0 radical (unpaired) electrons. The second kappa shape index (κ2) is 10.1. The number of hydrogen-bond donors (Lipinski definition) is 0. The van der Waals surface area contributed by atoms with Crippen molar-refractivity contribution in [2.24, 2.45) is 5.92 Å². The quantitative estimate of drug-likeness (QED) is 0.663. The number of piperidine rings is 1. The average molecular weight is 419 g/mol. The largest absolute Gasteiger partial charge is 0.497 e. The van der Waals surface area contributed by atoms with Gasteiger partial charge in [0, 0.05) is 25.2 Å². The number of nitrogens with zero attached hydrogens (tertiary/aromatic N) is 2. The van der Waals surface area contributed by atoms with E-state index in [1.807, 2.05) is 12.1 Å². The van der Waals surface area contributed by atoms with E-state index in [1.54, 1.807) is 25.1 Å². The highest BCUT2D eigenvalue weighted by atomic mass is 35.5. The van der Waals surface area contributed by atoms with E-state index < -0.39 is 5.82 Å². The molecule has 2 aromatic rings. The summed E-state index contributed by atoms with van der Waals surface area (Å²) in [5.74, 6) is 0.465. The maximum Gasteiger partial charge on any atom is 0.256 e. The van der Waals surface area contributed by atoms with Gasteiger partial charge in [-0.15, -0.1) is 0 Å². The van der Waals surface area contributed by atoms with Crippen LogP contribution in [0.15, 0.2) is 42.5 Å². The molecule has 0 bridgehead atoms. The van der Waals surface area contributed by atoms with E-state index in [1.165, 1.54) is 17.7 Å². The van der Waals surface area contributed by atoms with Gasteiger partial charge in [-0.25, -0.2) is 4.39 Å². The smallest absolute Gasteiger partial charge is 0.256 e. The third-order valence-corrected chi connectivity index (χ3v) is 5.86. The number of benzene rings is 2. The van der Waals surface area contributed by atoms with Gasteiger partial charge in [0.2, 0.25) is 0 Å². The lowest BCUT2D eigenvalue weighted by Gasteiger charge is -2.34. The van der Waals surface area contributed by atoms with Crippen LogP contribution in [0.5, 0.6) is 5.75 Å². The molecule has 0 aromatic heterocycles. The lowest BCUT2D eigenvalue weighted by molar-refractivity contribution is 0.0736. The summed E-state index contributed by atoms with van der Waals surface area (Å²) in [6.45, 7) is 3.73. The first-order valence-corrected chi connectivity index (χ1v) is 10.4. The second-order valence-corrected chi connectivity index (χ2v) is 8.13. The van der Waals surface area contributed by atoms with Crippen LogP contribution in [-0.2, 0) is 6.42 Å². The van der Waals surface area contributed by atoms with E-state index in [-0.39, 0.29) is 11.5 Å². The number of methoxy groups -OCH3 is 1. The average Bonchev–Trinajstić information content (AvgIpc) is 2.73. The Morgan fingerprint density at radius 3 is 2.52 bits per heavy atom. The summed E-state index contributed by atoms with van der Waals surface area (Å²) in [6, 6.07) is 12.4. The fraction of sp³-hybridized carbons (Fsp3) is 0.435. The fourth-order valence-corrected chi connectivity index (χ4v) is 3.97. The van der Waals surface area contributed by atoms with Crippen LogP contribution in [0.1, 0.15) is 28.8 Å². The summed E-state index contributed by atoms with van der Waals surface area (Å²) < 4.78 is 19.2. The van der Waals surface area contributed by atoms with E-state index in [0.717, 1.165) is 44.6 Å². The maximum atomic E-state index is 14.0. The highest BCUT2D eigenvalue weighted by molar-refractivity contribution is 6.30. The van der Waals surface area contributed by atoms with Gasteiger partial charge in [0.1, 0.15) is 11.6 Å². The van der Waals surface area contributed by atoms with Crippen LogP contribution >= 0.6 is 11.6 Å². The standard InChI is InChI=1S/C23H28ClFN2O2/c1-26(23(28)21-8-5-19(24)15-22(21)25)16-18-10-13-27(14-11-18)12-9-17-3-6-20(29-2)7-4-17/h3-8,15,18H,9-14,16H2,1-2H3. The summed E-state index contributed by atoms with van der Waals surface area (Å²) in [5, 5.41) is 0.295. The Balaban J connectivity index is 1.43. The van der Waals surface area contributed by atoms with Gasteiger partial charge in [0.15, 0.2) is 0 Å². The predicted molar refractivity (Wildman–Crippen MR) is 114 cm³/mol. The number of halogens is 2. The van der Waals surface area contributed by atoms with Crippen LogP contribution in [0, 0.1) is 11.7 Å². The van der Waals surface area contributed by atoms with Gasteiger partial charge >= 0.3 is 0 Å². The molecule has 0 saturated carbocycles. The highest BCUT2D eigenvalue weighted by Crippen LogP contribution is 2.21. The Morgan fingerprint density at radius 2 is 1.90 bits per heavy atom. The molecule has 1 saturated heterocycles. The van der Waals surface area contributed by atoms with E-state index in [0.29, 0.717) is 17.5 Å². The van der Waals surface area contributed by atoms with Crippen molar-refractivity contribution in [3.05, 3.63) is 64.4 Å². The Labute approximate surface area is 177 Å². The molecule has 1 fully saturated rings. The van der Waals surface area contributed by atoms with Crippen LogP contribution in [0.3, 0.4) is 0 Å². The molecule has 2 aromatic carbocycles. The van der Waals surface area contributed by atoms with Crippen LogP contribution in [0.25, 0.3) is 0 Å². The Morgan fingerprint density at radius 1 is 1.21 bits per heavy atom. The van der Waals surface area contributed by atoms with Crippen molar-refractivity contribution in [1.29, 1.82) is 0 Å². The SMILES string of the molecule is COc1ccc(CCN2CCC(CN(C)C(=O)c3ccc(Cl)cc3F)CC2)cc1. The molecule has 0 atom stereocenters. The summed E-state index contributed by atoms with van der Waals surface area (Å²) in [6.07, 6.45) is 3.11. The molecule has 1 aliphatic rings. The minimum absolute atomic E-state index is 0.0776. The minimum Gasteiger partial charge on any atom is -0.497 e. The van der Waals surface area contributed by atoms with Crippen molar-refractivity contribution in [1.82, 2.24) is 9.80 Å². The lowest BCUT2D eigenvalue weighted by atomic mass is 9.95. The predicted octanol–water partition coefficient (Wildman–Crippen LogP) is 4.51. The van der Waals surface area contributed by atoms with Gasteiger partial charge in [0.05, 0.1) is 12.7 Å². The van der Waals surface area contributed by atoms with Gasteiger partial charge in [-0.3, -0.25) is 4.79 Å². The molecular weight excluding hydrogens is 391 g/mol. The zero-order valence-corrected chi connectivity index (χ0v) is 17.8. The Bertz CT molecular complexity index is 820. The van der Waals surface area contributed by atoms with Crippen molar-refractivity contribution in [3.63, 3.8) is 0 Å². The van der Waals surface area contributed by atoms with Crippen molar-refractivity contribution < 1.29 is 13.9 Å². The third kappa shape index (κ3) is 5.94. The lowest BCUT2D eigenvalue weighted by Crippen LogP contribution is -2.40. The fourth-order valence-electron chi connectivity index (χ4n) is 3.81. The van der Waals surface area contributed by atoms with Crippen molar-refractivity contribution in [2.75, 3.05) is 40.3 Å². The molecule has 0 N–H and O–H groups in total. The molecule has 1 heterocycles. The Hall–Kier alpha value is -2.11. The summed E-state index contributed by atoms with van der Waals surface area (Å²) in [7, 11) is 3.42. The third-order valence-electron chi connectivity index (χ3n) is 5.62. The molecule has 0 unspecified atom stereocenters. The molecular formula is C23H28ClFN2O2. The monoisotopic (exact) mass is 418 g/mol. The first-order valence-electron chi connectivity index (χ1n) is 10.0. The first-order chi connectivity index (χ1) is 14.0. The molecule has 4 nitrogen and oxygen atoms in total. The van der Waals surface area contributed by atoms with Gasteiger partial charge in [0.25, 0.3) is 5.91 Å². The second-order valence-electron chi connectivity index (χ2n) is 7.69. The van der Waals surface area contributed by atoms with Crippen LogP contribution in [0.4, 0.5) is 4.39 Å². The topological polar surface area (TPSA) is 32.8 Å². The van der Waals surface area contributed by atoms with E-state index in [2.05, 4.69) is 17.0 Å². The van der Waals surface area contributed by atoms with Crippen molar-refractivity contribution in [3.8, 4) is 5.75 Å². The zero-order valence-electron chi connectivity index (χ0n) is 17.0. The normalized spacial score (nSPS) is 15.3. The van der Waals surface area contributed by atoms with Gasteiger partial charge < -0.3 is 14.5 Å². The van der Waals surface area contributed by atoms with Crippen molar-refractivity contribution >= 4 is 17.5 Å². The number of carbonyl (C=O) groups excluding carboxylic acids is 1. The number of hydrogen-bond acceptors (Lipinski definition) is 3. The summed E-state index contributed by atoms with van der Waals surface area (Å²) >= 11 is 5.77. The molecule has 6 heteroatoms. The van der Waals surface area contributed by atoms with Gasteiger partial charge in [-0.05, 0) is 74.2 Å². The van der Waals surface area contributed by atoms with E-state index >= 15 is 0 Å². The van der Waals surface area contributed by atoms with Gasteiger partial charge in [-0.1, -0.05) is 23.7 Å². The molecule has 156 valence electrons. The van der Waals surface area contributed by atoms with Crippen LogP contribution < -0.4 is 4.74 Å². The summed E-state index contributed by atoms with van der Waals surface area (Å²) in [4.78, 5) is 16.6. The molecule has 0 spiro atoms. The molecule has 0 aliphatic carbocycles. The Kier molecular flexibility index (Phi) is 7.51. The number of likely N-dealkylation sites (tertiary alicyclic amines) is 1. The van der Waals surface area contributed by atoms with E-state index in [4.69, 9.17) is 16.3 Å². The van der Waals surface area contributed by atoms with Crippen LogP contribution in [-0.4, -0.2) is 56.0 Å². The zero-order chi connectivity index (χ0) is 20.8. The molecule has 29 heavy (non-hydrogen) atoms. The first kappa shape index (κ1) is 21.6. The molecule has 3 rings (SSSR count). The van der Waals surface area contributed by atoms with Crippen LogP contribution in [0.2, 0.25) is 5.02 Å². The maximum absolute atomic E-state index is 14.0.